The average molecular weight is 278 g/mol. The van der Waals surface area contributed by atoms with E-state index in [1.54, 1.807) is 11.3 Å². The molecule has 102 valence electrons. The van der Waals surface area contributed by atoms with E-state index in [4.69, 9.17) is 0 Å². The fourth-order valence-electron chi connectivity index (χ4n) is 2.91. The summed E-state index contributed by atoms with van der Waals surface area (Å²) in [5, 5.41) is 0. The second-order valence-electron chi connectivity index (χ2n) is 5.34. The van der Waals surface area contributed by atoms with Gasteiger partial charge in [-0.2, -0.15) is 0 Å². The Kier molecular flexibility index (Phi) is 3.55. The molecule has 2 aliphatic rings. The zero-order valence-corrected chi connectivity index (χ0v) is 11.6. The molecule has 0 bridgehead atoms. The van der Waals surface area contributed by atoms with E-state index in [1.165, 1.54) is 16.9 Å². The maximum atomic E-state index is 12.0. The zero-order valence-electron chi connectivity index (χ0n) is 10.8. The molecule has 0 spiro atoms. The largest absolute Gasteiger partial charge is 0.279 e. The number of hydrazine groups is 1. The highest BCUT2D eigenvalue weighted by atomic mass is 32.1. The molecule has 1 heterocycles. The first-order chi connectivity index (χ1) is 9.24. The third kappa shape index (κ3) is 2.66. The van der Waals surface area contributed by atoms with Crippen LogP contribution in [0.2, 0.25) is 0 Å². The lowest BCUT2D eigenvalue weighted by Crippen LogP contribution is -2.43. The van der Waals surface area contributed by atoms with Crippen molar-refractivity contribution in [3.05, 3.63) is 21.4 Å². The lowest BCUT2D eigenvalue weighted by Gasteiger charge is -2.10. The number of aryl methyl sites for hydroxylation is 2. The summed E-state index contributed by atoms with van der Waals surface area (Å²) < 4.78 is 0. The highest BCUT2D eigenvalue weighted by molar-refractivity contribution is 7.14. The number of thiophene rings is 1. The van der Waals surface area contributed by atoms with Gasteiger partial charge in [0.1, 0.15) is 0 Å². The third-order valence-corrected chi connectivity index (χ3v) is 5.23. The number of rotatable bonds is 2. The second-order valence-corrected chi connectivity index (χ2v) is 6.47. The summed E-state index contributed by atoms with van der Waals surface area (Å²) in [7, 11) is 0. The van der Waals surface area contributed by atoms with Gasteiger partial charge in [0.25, 0.3) is 5.91 Å². The molecule has 19 heavy (non-hydrogen) atoms. The summed E-state index contributed by atoms with van der Waals surface area (Å²) in [6.45, 7) is 0. The predicted molar refractivity (Wildman–Crippen MR) is 73.9 cm³/mol. The standard InChI is InChI=1S/C14H18N2O2S/c17-13(9-4-1-2-5-9)15-16-14(18)12-8-10-6-3-7-11(10)19-12/h8-9H,1-7H2,(H,15,17)(H,16,18). The molecule has 3 rings (SSSR count). The van der Waals surface area contributed by atoms with Gasteiger partial charge < -0.3 is 0 Å². The minimum atomic E-state index is -0.189. The summed E-state index contributed by atoms with van der Waals surface area (Å²) in [5.41, 5.74) is 6.40. The molecule has 2 aliphatic carbocycles. The van der Waals surface area contributed by atoms with Crippen LogP contribution in [0.1, 0.15) is 52.2 Å². The molecular weight excluding hydrogens is 260 g/mol. The van der Waals surface area contributed by atoms with E-state index >= 15 is 0 Å². The molecule has 0 atom stereocenters. The maximum absolute atomic E-state index is 12.0. The molecule has 0 aromatic carbocycles. The van der Waals surface area contributed by atoms with E-state index in [9.17, 15) is 9.59 Å². The Morgan fingerprint density at radius 1 is 1.11 bits per heavy atom. The Balaban J connectivity index is 1.54. The van der Waals surface area contributed by atoms with Crippen molar-refractivity contribution in [2.45, 2.75) is 44.9 Å². The first kappa shape index (κ1) is 12.7. The van der Waals surface area contributed by atoms with Crippen LogP contribution in [0.5, 0.6) is 0 Å². The molecule has 0 radical (unpaired) electrons. The highest BCUT2D eigenvalue weighted by Crippen LogP contribution is 2.30. The van der Waals surface area contributed by atoms with Crippen LogP contribution >= 0.6 is 11.3 Å². The number of amides is 2. The first-order valence-electron chi connectivity index (χ1n) is 6.96. The lowest BCUT2D eigenvalue weighted by molar-refractivity contribution is -0.125. The van der Waals surface area contributed by atoms with Crippen LogP contribution in [0.25, 0.3) is 0 Å². The smallest absolute Gasteiger partial charge is 0.273 e. The Bertz CT molecular complexity index is 482. The fourth-order valence-corrected chi connectivity index (χ4v) is 4.06. The average Bonchev–Trinajstić information content (AvgIpc) is 3.09. The van der Waals surface area contributed by atoms with Crippen molar-refractivity contribution in [1.29, 1.82) is 0 Å². The fraction of sp³-hybridized carbons (Fsp3) is 0.571. The number of carbonyl (C=O) groups excluding carboxylic acids is 2. The molecule has 5 heteroatoms. The molecule has 0 unspecified atom stereocenters. The van der Waals surface area contributed by atoms with Gasteiger partial charge in [0.15, 0.2) is 0 Å². The van der Waals surface area contributed by atoms with Crippen LogP contribution in [-0.2, 0) is 17.6 Å². The Morgan fingerprint density at radius 3 is 2.63 bits per heavy atom. The van der Waals surface area contributed by atoms with Crippen molar-refractivity contribution in [2.75, 3.05) is 0 Å². The van der Waals surface area contributed by atoms with E-state index in [0.29, 0.717) is 4.88 Å². The van der Waals surface area contributed by atoms with Gasteiger partial charge in [0.2, 0.25) is 5.91 Å². The summed E-state index contributed by atoms with van der Waals surface area (Å²) in [5.74, 6) is -0.158. The van der Waals surface area contributed by atoms with Gasteiger partial charge in [0, 0.05) is 10.8 Å². The summed E-state index contributed by atoms with van der Waals surface area (Å²) in [6, 6.07) is 1.96. The normalized spacial score (nSPS) is 18.3. The van der Waals surface area contributed by atoms with E-state index < -0.39 is 0 Å². The zero-order chi connectivity index (χ0) is 13.2. The lowest BCUT2D eigenvalue weighted by atomic mass is 10.1. The van der Waals surface area contributed by atoms with Gasteiger partial charge >= 0.3 is 0 Å². The van der Waals surface area contributed by atoms with Crippen LogP contribution in [0.15, 0.2) is 6.07 Å². The summed E-state index contributed by atoms with van der Waals surface area (Å²) >= 11 is 1.55. The number of hydrogen-bond donors (Lipinski definition) is 2. The van der Waals surface area contributed by atoms with Crippen LogP contribution in [0.3, 0.4) is 0 Å². The molecule has 1 aromatic rings. The third-order valence-electron chi connectivity index (χ3n) is 4.00. The quantitative estimate of drug-likeness (QED) is 0.815. The van der Waals surface area contributed by atoms with Gasteiger partial charge in [0.05, 0.1) is 4.88 Å². The Hall–Kier alpha value is -1.36. The van der Waals surface area contributed by atoms with Gasteiger partial charge in [-0.15, -0.1) is 11.3 Å². The molecule has 2 amide bonds. The van der Waals surface area contributed by atoms with Crippen molar-refractivity contribution in [1.82, 2.24) is 10.9 Å². The number of carbonyl (C=O) groups is 2. The van der Waals surface area contributed by atoms with Gasteiger partial charge in [-0.1, -0.05) is 12.8 Å². The molecule has 1 saturated carbocycles. The minimum absolute atomic E-state index is 0.0463. The first-order valence-corrected chi connectivity index (χ1v) is 7.77. The minimum Gasteiger partial charge on any atom is -0.273 e. The van der Waals surface area contributed by atoms with Crippen LogP contribution in [0, 0.1) is 5.92 Å². The molecule has 0 aliphatic heterocycles. The topological polar surface area (TPSA) is 58.2 Å². The van der Waals surface area contributed by atoms with Gasteiger partial charge in [-0.05, 0) is 43.7 Å². The van der Waals surface area contributed by atoms with E-state index in [2.05, 4.69) is 10.9 Å². The number of hydrogen-bond acceptors (Lipinski definition) is 3. The molecule has 1 aromatic heterocycles. The molecule has 2 N–H and O–H groups in total. The summed E-state index contributed by atoms with van der Waals surface area (Å²) in [4.78, 5) is 25.8. The Labute approximate surface area is 116 Å². The van der Waals surface area contributed by atoms with Crippen molar-refractivity contribution in [3.8, 4) is 0 Å². The predicted octanol–water partition coefficient (Wildman–Crippen LogP) is 2.19. The van der Waals surface area contributed by atoms with Crippen molar-refractivity contribution in [3.63, 3.8) is 0 Å². The monoisotopic (exact) mass is 278 g/mol. The van der Waals surface area contributed by atoms with E-state index in [1.807, 2.05) is 6.07 Å². The van der Waals surface area contributed by atoms with Crippen molar-refractivity contribution in [2.24, 2.45) is 5.92 Å². The molecular formula is C14H18N2O2S. The molecule has 1 fully saturated rings. The van der Waals surface area contributed by atoms with Crippen molar-refractivity contribution < 1.29 is 9.59 Å². The van der Waals surface area contributed by atoms with E-state index in [-0.39, 0.29) is 17.7 Å². The van der Waals surface area contributed by atoms with Crippen LogP contribution < -0.4 is 10.9 Å². The van der Waals surface area contributed by atoms with E-state index in [0.717, 1.165) is 38.5 Å². The maximum Gasteiger partial charge on any atom is 0.279 e. The molecule has 0 saturated heterocycles. The molecule has 4 nitrogen and oxygen atoms in total. The number of nitrogens with one attached hydrogen (secondary N) is 2. The number of fused-ring (bicyclic) bond motifs is 1. The second kappa shape index (κ2) is 5.33. The Morgan fingerprint density at radius 2 is 1.89 bits per heavy atom. The highest BCUT2D eigenvalue weighted by Gasteiger charge is 2.23. The van der Waals surface area contributed by atoms with Crippen LogP contribution in [-0.4, -0.2) is 11.8 Å². The van der Waals surface area contributed by atoms with Gasteiger partial charge in [-0.25, -0.2) is 0 Å². The van der Waals surface area contributed by atoms with Crippen molar-refractivity contribution >= 4 is 23.2 Å². The van der Waals surface area contributed by atoms with Crippen LogP contribution in [0.4, 0.5) is 0 Å². The van der Waals surface area contributed by atoms with Gasteiger partial charge in [-0.3, -0.25) is 20.4 Å². The SMILES string of the molecule is O=C(NNC(=O)C1CCCC1)c1cc2c(s1)CCC2. The summed E-state index contributed by atoms with van der Waals surface area (Å²) in [6.07, 6.45) is 7.47.